The number of hydrogen-bond acceptors (Lipinski definition) is 8. The number of amides is 2. The molecule has 0 aliphatic heterocycles. The van der Waals surface area contributed by atoms with Crippen LogP contribution in [-0.2, 0) is 9.47 Å². The molecule has 158 valence electrons. The summed E-state index contributed by atoms with van der Waals surface area (Å²) in [5, 5.41) is 9.55. The van der Waals surface area contributed by atoms with Crippen LogP contribution in [0.25, 0.3) is 11.3 Å². The number of hydrogen-bond donors (Lipinski definition) is 0. The summed E-state index contributed by atoms with van der Waals surface area (Å²) in [6, 6.07) is 2.96. The number of imide groups is 1. The lowest BCUT2D eigenvalue weighted by Crippen LogP contribution is -2.44. The minimum atomic E-state index is -1.08. The predicted molar refractivity (Wildman–Crippen MR) is 105 cm³/mol. The van der Waals surface area contributed by atoms with Crippen molar-refractivity contribution in [2.24, 2.45) is 0 Å². The zero-order chi connectivity index (χ0) is 22.7. The van der Waals surface area contributed by atoms with E-state index in [1.807, 2.05) is 0 Å². The second-order valence-electron chi connectivity index (χ2n) is 8.23. The van der Waals surface area contributed by atoms with Crippen LogP contribution < -0.4 is 4.90 Å². The molecule has 0 aliphatic rings. The highest BCUT2D eigenvalue weighted by molar-refractivity contribution is 6.09. The van der Waals surface area contributed by atoms with E-state index in [0.717, 1.165) is 12.3 Å². The quantitative estimate of drug-likeness (QED) is 0.715. The summed E-state index contributed by atoms with van der Waals surface area (Å²) in [4.78, 5) is 37.8. The molecule has 2 rings (SSSR count). The Morgan fingerprint density at radius 1 is 1.03 bits per heavy atom. The molecule has 0 N–H and O–H groups in total. The molecule has 0 saturated heterocycles. The second-order valence-corrected chi connectivity index (χ2v) is 8.23. The second kappa shape index (κ2) is 8.41. The maximum Gasteiger partial charge on any atom is 0.425 e. The fraction of sp³-hybridized carbons (Fsp3) is 0.400. The van der Waals surface area contributed by atoms with Crippen LogP contribution in [0, 0.1) is 17.1 Å². The summed E-state index contributed by atoms with van der Waals surface area (Å²) in [6.45, 7) is 9.72. The van der Waals surface area contributed by atoms with E-state index in [-0.39, 0.29) is 22.8 Å². The molecule has 0 saturated carbocycles. The van der Waals surface area contributed by atoms with Gasteiger partial charge in [0.1, 0.15) is 23.1 Å². The summed E-state index contributed by atoms with van der Waals surface area (Å²) in [5.74, 6) is -0.963. The van der Waals surface area contributed by atoms with Crippen molar-refractivity contribution in [1.29, 1.82) is 5.26 Å². The van der Waals surface area contributed by atoms with Crippen molar-refractivity contribution in [2.75, 3.05) is 4.90 Å². The first-order valence-electron chi connectivity index (χ1n) is 8.95. The number of aromatic nitrogens is 3. The SMILES string of the molecule is CC(C)(C)OC(=O)N(C(=O)OC(C)(C)C)c1ncc(-c2cncc(F)c2)nc1C#N. The average Bonchev–Trinajstić information content (AvgIpc) is 2.59. The zero-order valence-electron chi connectivity index (χ0n) is 17.6. The van der Waals surface area contributed by atoms with Gasteiger partial charge in [0.15, 0.2) is 11.5 Å². The molecule has 0 aromatic carbocycles. The first-order valence-corrected chi connectivity index (χ1v) is 8.95. The number of anilines is 1. The molecule has 30 heavy (non-hydrogen) atoms. The molecule has 9 nitrogen and oxygen atoms in total. The Kier molecular flexibility index (Phi) is 6.35. The highest BCUT2D eigenvalue weighted by atomic mass is 19.1. The van der Waals surface area contributed by atoms with E-state index >= 15 is 0 Å². The van der Waals surface area contributed by atoms with E-state index in [1.54, 1.807) is 47.6 Å². The minimum absolute atomic E-state index is 0.135. The van der Waals surface area contributed by atoms with Crippen molar-refractivity contribution in [2.45, 2.75) is 52.7 Å². The average molecular weight is 415 g/mol. The van der Waals surface area contributed by atoms with Crippen LogP contribution in [0.4, 0.5) is 19.8 Å². The maximum absolute atomic E-state index is 13.5. The summed E-state index contributed by atoms with van der Waals surface area (Å²) in [5.41, 5.74) is -1.80. The summed E-state index contributed by atoms with van der Waals surface area (Å²) < 4.78 is 24.0. The van der Waals surface area contributed by atoms with Gasteiger partial charge in [-0.25, -0.2) is 23.9 Å². The van der Waals surface area contributed by atoms with Crippen LogP contribution in [0.3, 0.4) is 0 Å². The van der Waals surface area contributed by atoms with Gasteiger partial charge in [0, 0.05) is 11.8 Å². The third kappa shape index (κ3) is 5.94. The number of nitriles is 1. The van der Waals surface area contributed by atoms with E-state index in [1.165, 1.54) is 12.4 Å². The Labute approximate surface area is 173 Å². The van der Waals surface area contributed by atoms with Crippen molar-refractivity contribution in [3.8, 4) is 17.3 Å². The van der Waals surface area contributed by atoms with Gasteiger partial charge in [0.05, 0.1) is 18.1 Å². The van der Waals surface area contributed by atoms with Crippen LogP contribution in [0.2, 0.25) is 0 Å². The Morgan fingerprint density at radius 2 is 1.60 bits per heavy atom. The minimum Gasteiger partial charge on any atom is -0.443 e. The molecule has 2 heterocycles. The zero-order valence-corrected chi connectivity index (χ0v) is 17.6. The monoisotopic (exact) mass is 415 g/mol. The molecule has 2 amide bonds. The Morgan fingerprint density at radius 3 is 2.07 bits per heavy atom. The number of carbonyl (C=O) groups excluding carboxylic acids is 2. The number of carbonyl (C=O) groups is 2. The summed E-state index contributed by atoms with van der Waals surface area (Å²) >= 11 is 0. The smallest absolute Gasteiger partial charge is 0.425 e. The van der Waals surface area contributed by atoms with Crippen LogP contribution in [0.5, 0.6) is 0 Å². The van der Waals surface area contributed by atoms with Crippen molar-refractivity contribution in [1.82, 2.24) is 15.0 Å². The van der Waals surface area contributed by atoms with Gasteiger partial charge in [-0.1, -0.05) is 0 Å². The maximum atomic E-state index is 13.5. The van der Waals surface area contributed by atoms with Gasteiger partial charge in [-0.15, -0.1) is 0 Å². The normalized spacial score (nSPS) is 11.4. The van der Waals surface area contributed by atoms with Gasteiger partial charge in [-0.2, -0.15) is 10.2 Å². The molecule has 10 heteroatoms. The van der Waals surface area contributed by atoms with Crippen LogP contribution in [0.15, 0.2) is 24.7 Å². The Balaban J connectivity index is 2.55. The van der Waals surface area contributed by atoms with E-state index in [4.69, 9.17) is 9.47 Å². The number of nitrogens with zero attached hydrogens (tertiary/aromatic N) is 5. The van der Waals surface area contributed by atoms with Crippen molar-refractivity contribution in [3.05, 3.63) is 36.2 Å². The molecule has 2 aromatic rings. The van der Waals surface area contributed by atoms with Gasteiger partial charge in [0.25, 0.3) is 0 Å². The van der Waals surface area contributed by atoms with Crippen LogP contribution >= 0.6 is 0 Å². The van der Waals surface area contributed by atoms with E-state index in [0.29, 0.717) is 4.90 Å². The third-order valence-electron chi connectivity index (χ3n) is 3.22. The summed E-state index contributed by atoms with van der Waals surface area (Å²) in [7, 11) is 0. The first-order chi connectivity index (χ1) is 13.8. The van der Waals surface area contributed by atoms with Crippen molar-refractivity contribution in [3.63, 3.8) is 0 Å². The van der Waals surface area contributed by atoms with Crippen LogP contribution in [0.1, 0.15) is 47.2 Å². The number of halogens is 1. The van der Waals surface area contributed by atoms with Gasteiger partial charge in [0.2, 0.25) is 0 Å². The third-order valence-corrected chi connectivity index (χ3v) is 3.22. The first kappa shape index (κ1) is 22.7. The lowest BCUT2D eigenvalue weighted by molar-refractivity contribution is 0.0428. The van der Waals surface area contributed by atoms with Gasteiger partial charge in [-0.3, -0.25) is 4.98 Å². The van der Waals surface area contributed by atoms with Gasteiger partial charge >= 0.3 is 12.2 Å². The molecule has 0 atom stereocenters. The molecule has 0 bridgehead atoms. The molecule has 0 radical (unpaired) electrons. The number of ether oxygens (including phenoxy) is 2. The lowest BCUT2D eigenvalue weighted by Gasteiger charge is -2.28. The Bertz CT molecular complexity index is 977. The van der Waals surface area contributed by atoms with E-state index < -0.39 is 29.2 Å². The summed E-state index contributed by atoms with van der Waals surface area (Å²) in [6.07, 6.45) is 1.39. The Hall–Kier alpha value is -3.61. The largest absolute Gasteiger partial charge is 0.443 e. The number of rotatable bonds is 2. The highest BCUT2D eigenvalue weighted by Gasteiger charge is 2.35. The van der Waals surface area contributed by atoms with E-state index in [2.05, 4.69) is 15.0 Å². The fourth-order valence-electron chi connectivity index (χ4n) is 2.18. The lowest BCUT2D eigenvalue weighted by atomic mass is 10.2. The molecule has 0 aliphatic carbocycles. The topological polar surface area (TPSA) is 118 Å². The standard InChI is InChI=1S/C20H22FN5O4/c1-19(2,3)29-17(27)26(18(28)30-20(4,5)6)16-14(8-22)25-15(11-24-16)12-7-13(21)10-23-9-12/h7,9-11H,1-6H3. The van der Waals surface area contributed by atoms with Gasteiger partial charge < -0.3 is 9.47 Å². The fourth-order valence-corrected chi connectivity index (χ4v) is 2.18. The van der Waals surface area contributed by atoms with Gasteiger partial charge in [-0.05, 0) is 47.6 Å². The highest BCUT2D eigenvalue weighted by Crippen LogP contribution is 2.25. The molecule has 0 fully saturated rings. The molecule has 2 aromatic heterocycles. The molecular weight excluding hydrogens is 393 g/mol. The number of pyridine rings is 1. The molecule has 0 spiro atoms. The molecule has 0 unspecified atom stereocenters. The van der Waals surface area contributed by atoms with E-state index in [9.17, 15) is 19.2 Å². The van der Waals surface area contributed by atoms with Crippen LogP contribution in [-0.4, -0.2) is 38.3 Å². The van der Waals surface area contributed by atoms with Crippen molar-refractivity contribution < 1.29 is 23.5 Å². The predicted octanol–water partition coefficient (Wildman–Crippen LogP) is 4.23. The molecular formula is C20H22FN5O4. The van der Waals surface area contributed by atoms with Crippen molar-refractivity contribution >= 4 is 18.0 Å².